The van der Waals surface area contributed by atoms with E-state index in [0.717, 1.165) is 0 Å². The molecule has 0 saturated carbocycles. The van der Waals surface area contributed by atoms with E-state index in [0.29, 0.717) is 11.1 Å². The van der Waals surface area contributed by atoms with E-state index in [9.17, 15) is 24.9 Å². The SMILES string of the molecule is CC(=O)c1ccc(Oc2c(O)cc3oc(-c4ccc(O)cc4)cc(=O)c3c2O)cc1. The summed E-state index contributed by atoms with van der Waals surface area (Å²) in [5.74, 6) is -0.874. The second-order valence-corrected chi connectivity index (χ2v) is 6.65. The molecular weight excluding hydrogens is 388 g/mol. The van der Waals surface area contributed by atoms with Gasteiger partial charge in [0.05, 0.1) is 0 Å². The van der Waals surface area contributed by atoms with Crippen molar-refractivity contribution in [1.29, 1.82) is 0 Å². The van der Waals surface area contributed by atoms with E-state index < -0.39 is 16.9 Å². The first-order valence-corrected chi connectivity index (χ1v) is 8.94. The van der Waals surface area contributed by atoms with Crippen LogP contribution in [0.15, 0.2) is 69.9 Å². The van der Waals surface area contributed by atoms with Crippen LogP contribution >= 0.6 is 0 Å². The first kappa shape index (κ1) is 19.1. The van der Waals surface area contributed by atoms with E-state index in [2.05, 4.69) is 0 Å². The Morgan fingerprint density at radius 3 is 2.23 bits per heavy atom. The number of fused-ring (bicyclic) bond motifs is 1. The molecule has 4 rings (SSSR count). The third-order valence-electron chi connectivity index (χ3n) is 4.56. The lowest BCUT2D eigenvalue weighted by Crippen LogP contribution is -2.02. The molecule has 7 nitrogen and oxygen atoms in total. The number of hydrogen-bond donors (Lipinski definition) is 3. The van der Waals surface area contributed by atoms with Gasteiger partial charge in [0.15, 0.2) is 22.7 Å². The Kier molecular flexibility index (Phi) is 4.63. The molecule has 1 heterocycles. The highest BCUT2D eigenvalue weighted by atomic mass is 16.5. The van der Waals surface area contributed by atoms with Crippen LogP contribution in [0.4, 0.5) is 0 Å². The summed E-state index contributed by atoms with van der Waals surface area (Å²) in [5.41, 5.74) is 0.460. The van der Waals surface area contributed by atoms with Crippen molar-refractivity contribution in [3.8, 4) is 40.1 Å². The number of ether oxygens (including phenoxy) is 1. The quantitative estimate of drug-likeness (QED) is 0.426. The zero-order valence-electron chi connectivity index (χ0n) is 15.7. The van der Waals surface area contributed by atoms with Crippen molar-refractivity contribution in [1.82, 2.24) is 0 Å². The average molecular weight is 404 g/mol. The summed E-state index contributed by atoms with van der Waals surface area (Å²) in [6.07, 6.45) is 0. The molecule has 0 unspecified atom stereocenters. The minimum absolute atomic E-state index is 0.0279. The van der Waals surface area contributed by atoms with Crippen molar-refractivity contribution < 1.29 is 29.3 Å². The second-order valence-electron chi connectivity index (χ2n) is 6.65. The van der Waals surface area contributed by atoms with Gasteiger partial charge in [-0.05, 0) is 55.5 Å². The number of rotatable bonds is 4. The van der Waals surface area contributed by atoms with Crippen molar-refractivity contribution in [2.24, 2.45) is 0 Å². The van der Waals surface area contributed by atoms with Gasteiger partial charge in [-0.25, -0.2) is 0 Å². The number of ketones is 1. The van der Waals surface area contributed by atoms with E-state index in [-0.39, 0.29) is 39.8 Å². The van der Waals surface area contributed by atoms with Gasteiger partial charge in [0.1, 0.15) is 28.2 Å². The Labute approximate surface area is 170 Å². The van der Waals surface area contributed by atoms with Gasteiger partial charge in [-0.15, -0.1) is 0 Å². The van der Waals surface area contributed by atoms with E-state index in [1.165, 1.54) is 43.3 Å². The molecule has 7 heteroatoms. The monoisotopic (exact) mass is 404 g/mol. The fourth-order valence-corrected chi connectivity index (χ4v) is 3.02. The molecule has 0 atom stereocenters. The van der Waals surface area contributed by atoms with Crippen LogP contribution in [0.2, 0.25) is 0 Å². The van der Waals surface area contributed by atoms with Gasteiger partial charge in [-0.1, -0.05) is 0 Å². The lowest BCUT2D eigenvalue weighted by Gasteiger charge is -2.12. The normalized spacial score (nSPS) is 10.8. The van der Waals surface area contributed by atoms with Crippen LogP contribution in [0, 0.1) is 0 Å². The standard InChI is InChI=1S/C23H16O7/c1-12(24)13-4-8-16(9-5-13)29-23-18(27)11-20-21(22(23)28)17(26)10-19(30-20)14-2-6-15(25)7-3-14/h2-11,25,27-28H,1H3. The van der Waals surface area contributed by atoms with Crippen molar-refractivity contribution in [2.75, 3.05) is 0 Å². The number of benzene rings is 3. The summed E-state index contributed by atoms with van der Waals surface area (Å²) in [6.45, 7) is 1.43. The number of aromatic hydroxyl groups is 3. The molecule has 30 heavy (non-hydrogen) atoms. The molecule has 0 radical (unpaired) electrons. The zero-order chi connectivity index (χ0) is 21.4. The molecule has 0 spiro atoms. The third-order valence-corrected chi connectivity index (χ3v) is 4.56. The molecule has 0 bridgehead atoms. The lowest BCUT2D eigenvalue weighted by molar-refractivity contribution is 0.101. The van der Waals surface area contributed by atoms with Crippen molar-refractivity contribution in [3.05, 3.63) is 76.5 Å². The maximum absolute atomic E-state index is 12.7. The first-order chi connectivity index (χ1) is 14.3. The van der Waals surface area contributed by atoms with Crippen LogP contribution in [0.3, 0.4) is 0 Å². The van der Waals surface area contributed by atoms with Gasteiger partial charge in [0, 0.05) is 23.3 Å². The smallest absolute Gasteiger partial charge is 0.211 e. The van der Waals surface area contributed by atoms with Crippen molar-refractivity contribution >= 4 is 16.8 Å². The molecule has 3 N–H and O–H groups in total. The zero-order valence-corrected chi connectivity index (χ0v) is 15.7. The van der Waals surface area contributed by atoms with Gasteiger partial charge in [-0.3, -0.25) is 9.59 Å². The summed E-state index contributed by atoms with van der Waals surface area (Å²) in [4.78, 5) is 24.0. The van der Waals surface area contributed by atoms with Gasteiger partial charge >= 0.3 is 0 Å². The van der Waals surface area contributed by atoms with Crippen LogP contribution < -0.4 is 10.2 Å². The number of hydrogen-bond acceptors (Lipinski definition) is 7. The van der Waals surface area contributed by atoms with Crippen LogP contribution in [-0.2, 0) is 0 Å². The minimum atomic E-state index is -0.563. The van der Waals surface area contributed by atoms with Gasteiger partial charge in [0.25, 0.3) is 0 Å². The lowest BCUT2D eigenvalue weighted by atomic mass is 10.1. The molecule has 0 amide bonds. The Morgan fingerprint density at radius 2 is 1.60 bits per heavy atom. The summed E-state index contributed by atoms with van der Waals surface area (Å²) in [5, 5.41) is 30.2. The maximum atomic E-state index is 12.7. The molecule has 0 saturated heterocycles. The summed E-state index contributed by atoms with van der Waals surface area (Å²) < 4.78 is 11.2. The maximum Gasteiger partial charge on any atom is 0.211 e. The van der Waals surface area contributed by atoms with Crippen molar-refractivity contribution in [3.63, 3.8) is 0 Å². The minimum Gasteiger partial charge on any atom is -0.508 e. The van der Waals surface area contributed by atoms with Gasteiger partial charge in [0.2, 0.25) is 5.75 Å². The van der Waals surface area contributed by atoms with Crippen LogP contribution in [0.5, 0.6) is 28.7 Å². The Balaban J connectivity index is 1.78. The van der Waals surface area contributed by atoms with E-state index in [4.69, 9.17) is 9.15 Å². The molecule has 0 aliphatic carbocycles. The second kappa shape index (κ2) is 7.29. The highest BCUT2D eigenvalue weighted by molar-refractivity contribution is 5.94. The molecule has 150 valence electrons. The third kappa shape index (κ3) is 3.44. The first-order valence-electron chi connectivity index (χ1n) is 8.94. The van der Waals surface area contributed by atoms with E-state index in [1.807, 2.05) is 0 Å². The number of Topliss-reactive ketones (excluding diaryl/α,β-unsaturated/α-hetero) is 1. The van der Waals surface area contributed by atoms with Gasteiger partial charge < -0.3 is 24.5 Å². The molecule has 3 aromatic carbocycles. The Morgan fingerprint density at radius 1 is 0.933 bits per heavy atom. The van der Waals surface area contributed by atoms with E-state index >= 15 is 0 Å². The van der Waals surface area contributed by atoms with Crippen LogP contribution in [-0.4, -0.2) is 21.1 Å². The highest BCUT2D eigenvalue weighted by Gasteiger charge is 2.20. The number of carbonyl (C=O) groups excluding carboxylic acids is 1. The molecule has 0 aliphatic heterocycles. The van der Waals surface area contributed by atoms with Crippen LogP contribution in [0.1, 0.15) is 17.3 Å². The van der Waals surface area contributed by atoms with Crippen LogP contribution in [0.25, 0.3) is 22.3 Å². The van der Waals surface area contributed by atoms with Crippen molar-refractivity contribution in [2.45, 2.75) is 6.92 Å². The molecule has 4 aromatic rings. The molecule has 1 aromatic heterocycles. The number of carbonyl (C=O) groups is 1. The van der Waals surface area contributed by atoms with Gasteiger partial charge in [-0.2, -0.15) is 0 Å². The highest BCUT2D eigenvalue weighted by Crippen LogP contribution is 2.44. The summed E-state index contributed by atoms with van der Waals surface area (Å²) >= 11 is 0. The number of phenolic OH excluding ortho intramolecular Hbond substituents is 3. The Hall–Kier alpha value is -4.26. The fraction of sp³-hybridized carbons (Fsp3) is 0.0435. The summed E-state index contributed by atoms with van der Waals surface area (Å²) in [6, 6.07) is 14.5. The molecular formula is C23H16O7. The number of phenols is 3. The predicted molar refractivity (Wildman–Crippen MR) is 109 cm³/mol. The van der Waals surface area contributed by atoms with E-state index in [1.54, 1.807) is 24.3 Å². The molecule has 0 aliphatic rings. The predicted octanol–water partition coefficient (Wildman–Crippen LogP) is 4.57. The topological polar surface area (TPSA) is 117 Å². The Bertz CT molecular complexity index is 1320. The molecule has 0 fully saturated rings. The summed E-state index contributed by atoms with van der Waals surface area (Å²) in [7, 11) is 0. The fourth-order valence-electron chi connectivity index (χ4n) is 3.02. The largest absolute Gasteiger partial charge is 0.508 e. The average Bonchev–Trinajstić information content (AvgIpc) is 2.71.